The van der Waals surface area contributed by atoms with Crippen LogP contribution in [0.2, 0.25) is 0 Å². The number of methoxy groups -OCH3 is 1. The zero-order valence-electron chi connectivity index (χ0n) is 14.0. The van der Waals surface area contributed by atoms with Gasteiger partial charge in [0, 0.05) is 24.2 Å². The van der Waals surface area contributed by atoms with Gasteiger partial charge in [0.2, 0.25) is 0 Å². The van der Waals surface area contributed by atoms with Crippen LogP contribution >= 0.6 is 0 Å². The number of hydrogen-bond acceptors (Lipinski definition) is 4. The maximum absolute atomic E-state index is 11.7. The maximum Gasteiger partial charge on any atom is 0.407 e. The van der Waals surface area contributed by atoms with E-state index in [1.807, 2.05) is 32.9 Å². The van der Waals surface area contributed by atoms with Gasteiger partial charge in [0.1, 0.15) is 11.4 Å². The Morgan fingerprint density at radius 3 is 2.68 bits per heavy atom. The molecule has 2 rings (SSSR count). The van der Waals surface area contributed by atoms with E-state index in [0.717, 1.165) is 24.3 Å². The summed E-state index contributed by atoms with van der Waals surface area (Å²) < 4.78 is 10.6. The molecule has 0 spiro atoms. The first-order valence-corrected chi connectivity index (χ1v) is 7.65. The van der Waals surface area contributed by atoms with Gasteiger partial charge in [0.25, 0.3) is 0 Å². The topological polar surface area (TPSA) is 59.6 Å². The van der Waals surface area contributed by atoms with Crippen LogP contribution in [0, 0.1) is 6.92 Å². The molecular formula is C17H26N2O3. The number of hydrogen-bond donors (Lipinski definition) is 2. The fourth-order valence-corrected chi connectivity index (χ4v) is 2.33. The maximum atomic E-state index is 11.7. The highest BCUT2D eigenvalue weighted by Crippen LogP contribution is 2.25. The molecular weight excluding hydrogens is 280 g/mol. The Hall–Kier alpha value is -1.75. The van der Waals surface area contributed by atoms with Crippen LogP contribution in [0.25, 0.3) is 0 Å². The average molecular weight is 306 g/mol. The lowest BCUT2D eigenvalue weighted by Gasteiger charge is -2.19. The molecule has 0 radical (unpaired) electrons. The lowest BCUT2D eigenvalue weighted by Crippen LogP contribution is -2.36. The van der Waals surface area contributed by atoms with Gasteiger partial charge in [0.15, 0.2) is 0 Å². The van der Waals surface area contributed by atoms with Crippen LogP contribution in [-0.2, 0) is 11.3 Å². The number of alkyl carbamates (subject to hydrolysis) is 1. The Kier molecular flexibility index (Phi) is 4.96. The summed E-state index contributed by atoms with van der Waals surface area (Å²) in [6, 6.07) is 6.57. The van der Waals surface area contributed by atoms with E-state index in [2.05, 4.69) is 23.6 Å². The summed E-state index contributed by atoms with van der Waals surface area (Å²) in [6.45, 7) is 8.37. The molecule has 1 aromatic rings. The summed E-state index contributed by atoms with van der Waals surface area (Å²) in [7, 11) is 1.68. The summed E-state index contributed by atoms with van der Waals surface area (Å²) in [5.41, 5.74) is 1.87. The van der Waals surface area contributed by atoms with Crippen molar-refractivity contribution in [3.63, 3.8) is 0 Å². The molecule has 0 saturated heterocycles. The molecule has 2 atom stereocenters. The van der Waals surface area contributed by atoms with Gasteiger partial charge in [-0.3, -0.25) is 0 Å². The van der Waals surface area contributed by atoms with Crippen molar-refractivity contribution in [3.8, 4) is 5.75 Å². The summed E-state index contributed by atoms with van der Waals surface area (Å²) in [5.74, 6) is 0.885. The fourth-order valence-electron chi connectivity index (χ4n) is 2.33. The first-order valence-electron chi connectivity index (χ1n) is 7.65. The normalized spacial score (nSPS) is 20.4. The monoisotopic (exact) mass is 306 g/mol. The van der Waals surface area contributed by atoms with Crippen molar-refractivity contribution in [1.29, 1.82) is 0 Å². The predicted molar refractivity (Wildman–Crippen MR) is 86.1 cm³/mol. The van der Waals surface area contributed by atoms with Crippen molar-refractivity contribution in [2.24, 2.45) is 0 Å². The number of benzene rings is 1. The third-order valence-electron chi connectivity index (χ3n) is 3.48. The van der Waals surface area contributed by atoms with Gasteiger partial charge in [-0.2, -0.15) is 0 Å². The van der Waals surface area contributed by atoms with Crippen LogP contribution in [0.5, 0.6) is 5.75 Å². The molecule has 122 valence electrons. The molecule has 0 aliphatic heterocycles. The highest BCUT2D eigenvalue weighted by atomic mass is 16.6. The standard InChI is InChI=1S/C17H26N2O3/c1-11-6-7-15(21-5)12(8-11)10-18-13-9-14(13)19-16(20)22-17(2,3)4/h6-8,13-14,18H,9-10H2,1-5H3,(H,19,20). The van der Waals surface area contributed by atoms with E-state index in [1.54, 1.807) is 7.11 Å². The minimum absolute atomic E-state index is 0.144. The highest BCUT2D eigenvalue weighted by molar-refractivity contribution is 5.68. The molecule has 5 nitrogen and oxygen atoms in total. The van der Waals surface area contributed by atoms with Crippen LogP contribution in [0.3, 0.4) is 0 Å². The number of rotatable bonds is 5. The van der Waals surface area contributed by atoms with Gasteiger partial charge >= 0.3 is 6.09 Å². The second kappa shape index (κ2) is 6.57. The number of aryl methyl sites for hydroxylation is 1. The van der Waals surface area contributed by atoms with Crippen LogP contribution < -0.4 is 15.4 Å². The molecule has 1 fully saturated rings. The summed E-state index contributed by atoms with van der Waals surface area (Å²) in [4.78, 5) is 11.7. The Bertz CT molecular complexity index is 537. The van der Waals surface area contributed by atoms with Crippen molar-refractivity contribution in [1.82, 2.24) is 10.6 Å². The first kappa shape index (κ1) is 16.6. The SMILES string of the molecule is COc1ccc(C)cc1CNC1CC1NC(=O)OC(C)(C)C. The van der Waals surface area contributed by atoms with Gasteiger partial charge < -0.3 is 20.1 Å². The highest BCUT2D eigenvalue weighted by Gasteiger charge is 2.38. The molecule has 22 heavy (non-hydrogen) atoms. The van der Waals surface area contributed by atoms with Crippen molar-refractivity contribution in [2.45, 2.75) is 58.3 Å². The van der Waals surface area contributed by atoms with Crippen molar-refractivity contribution >= 4 is 6.09 Å². The zero-order chi connectivity index (χ0) is 16.3. The van der Waals surface area contributed by atoms with Gasteiger partial charge in [-0.05, 0) is 40.2 Å². The van der Waals surface area contributed by atoms with Gasteiger partial charge in [-0.1, -0.05) is 17.7 Å². The minimum Gasteiger partial charge on any atom is -0.496 e. The number of amides is 1. The molecule has 5 heteroatoms. The minimum atomic E-state index is -0.461. The van der Waals surface area contributed by atoms with E-state index in [9.17, 15) is 4.79 Å². The molecule has 1 aliphatic rings. The van der Waals surface area contributed by atoms with Gasteiger partial charge in [-0.15, -0.1) is 0 Å². The number of ether oxygens (including phenoxy) is 2. The smallest absolute Gasteiger partial charge is 0.407 e. The van der Waals surface area contributed by atoms with E-state index in [4.69, 9.17) is 9.47 Å². The lowest BCUT2D eigenvalue weighted by atomic mass is 10.1. The molecule has 2 unspecified atom stereocenters. The van der Waals surface area contributed by atoms with Crippen LogP contribution in [0.4, 0.5) is 4.79 Å². The van der Waals surface area contributed by atoms with E-state index < -0.39 is 5.60 Å². The fraction of sp³-hybridized carbons (Fsp3) is 0.588. The zero-order valence-corrected chi connectivity index (χ0v) is 14.0. The first-order chi connectivity index (χ1) is 10.3. The molecule has 0 bridgehead atoms. The Labute approximate surface area is 132 Å². The summed E-state index contributed by atoms with van der Waals surface area (Å²) in [5, 5.41) is 6.32. The third kappa shape index (κ3) is 4.91. The molecule has 2 N–H and O–H groups in total. The summed E-state index contributed by atoms with van der Waals surface area (Å²) in [6.07, 6.45) is 0.572. The van der Waals surface area contributed by atoms with Crippen molar-refractivity contribution in [2.75, 3.05) is 7.11 Å². The van der Waals surface area contributed by atoms with E-state index in [-0.39, 0.29) is 18.2 Å². The van der Waals surface area contributed by atoms with Crippen molar-refractivity contribution in [3.05, 3.63) is 29.3 Å². The van der Waals surface area contributed by atoms with Gasteiger partial charge in [0.05, 0.1) is 7.11 Å². The largest absolute Gasteiger partial charge is 0.496 e. The van der Waals surface area contributed by atoms with Crippen LogP contribution in [-0.4, -0.2) is 30.9 Å². The molecule has 0 heterocycles. The van der Waals surface area contributed by atoms with Crippen LogP contribution in [0.1, 0.15) is 38.3 Å². The second-order valence-electron chi connectivity index (χ2n) is 6.79. The predicted octanol–water partition coefficient (Wildman–Crippen LogP) is 2.76. The van der Waals surface area contributed by atoms with E-state index >= 15 is 0 Å². The number of carbonyl (C=O) groups excluding carboxylic acids is 1. The van der Waals surface area contributed by atoms with Gasteiger partial charge in [-0.25, -0.2) is 4.79 Å². The average Bonchev–Trinajstić information content (AvgIpc) is 3.12. The Morgan fingerprint density at radius 1 is 1.32 bits per heavy atom. The molecule has 1 amide bonds. The number of carbonyl (C=O) groups is 1. The Balaban J connectivity index is 1.78. The molecule has 1 saturated carbocycles. The van der Waals surface area contributed by atoms with E-state index in [0.29, 0.717) is 0 Å². The molecule has 1 aromatic carbocycles. The van der Waals surface area contributed by atoms with E-state index in [1.165, 1.54) is 5.56 Å². The number of nitrogens with one attached hydrogen (secondary N) is 2. The lowest BCUT2D eigenvalue weighted by molar-refractivity contribution is 0.0522. The van der Waals surface area contributed by atoms with Crippen molar-refractivity contribution < 1.29 is 14.3 Å². The Morgan fingerprint density at radius 2 is 2.05 bits per heavy atom. The van der Waals surface area contributed by atoms with Crippen LogP contribution in [0.15, 0.2) is 18.2 Å². The summed E-state index contributed by atoms with van der Waals surface area (Å²) >= 11 is 0. The quantitative estimate of drug-likeness (QED) is 0.878. The third-order valence-corrected chi connectivity index (χ3v) is 3.48. The molecule has 1 aliphatic carbocycles. The molecule has 0 aromatic heterocycles. The second-order valence-corrected chi connectivity index (χ2v) is 6.79.